The summed E-state index contributed by atoms with van der Waals surface area (Å²) in [6, 6.07) is 14.2. The van der Waals surface area contributed by atoms with E-state index in [0.29, 0.717) is 16.1 Å². The zero-order valence-electron chi connectivity index (χ0n) is 14.1. The highest BCUT2D eigenvalue weighted by Crippen LogP contribution is 2.34. The molecule has 4 rings (SSSR count). The monoisotopic (exact) mass is 408 g/mol. The minimum Gasteiger partial charge on any atom is -0.383 e. The van der Waals surface area contributed by atoms with Gasteiger partial charge in [-0.25, -0.2) is 9.97 Å². The minimum absolute atomic E-state index is 0.0162. The fourth-order valence-corrected chi connectivity index (χ4v) is 3.33. The van der Waals surface area contributed by atoms with E-state index in [0.717, 1.165) is 22.5 Å². The molecule has 0 aliphatic rings. The van der Waals surface area contributed by atoms with E-state index >= 15 is 0 Å². The number of pyridine rings is 2. The van der Waals surface area contributed by atoms with Gasteiger partial charge in [-0.05, 0) is 53.2 Å². The number of hydrogen-bond donors (Lipinski definition) is 2. The molecule has 0 fully saturated rings. The van der Waals surface area contributed by atoms with Gasteiger partial charge < -0.3 is 15.5 Å². The van der Waals surface area contributed by atoms with Crippen LogP contribution in [0.25, 0.3) is 16.9 Å². The van der Waals surface area contributed by atoms with Crippen molar-refractivity contribution in [1.29, 1.82) is 0 Å². The number of aromatic nitrogens is 4. The summed E-state index contributed by atoms with van der Waals surface area (Å²) in [5.74, 6) is 1.06. The Hall–Kier alpha value is -2.93. The lowest BCUT2D eigenvalue weighted by molar-refractivity contribution is 0.871. The van der Waals surface area contributed by atoms with Gasteiger partial charge in [0.15, 0.2) is 0 Å². The minimum atomic E-state index is -0.0162. The Morgan fingerprint density at radius 2 is 1.96 bits per heavy atom. The van der Waals surface area contributed by atoms with Crippen molar-refractivity contribution >= 4 is 33.1 Å². The average molecular weight is 409 g/mol. The summed E-state index contributed by atoms with van der Waals surface area (Å²) in [7, 11) is 0. The van der Waals surface area contributed by atoms with Crippen LogP contribution in [-0.4, -0.2) is 19.4 Å². The summed E-state index contributed by atoms with van der Waals surface area (Å²) in [5.41, 5.74) is 10.1. The van der Waals surface area contributed by atoms with Gasteiger partial charge >= 0.3 is 0 Å². The van der Waals surface area contributed by atoms with Crippen LogP contribution in [-0.2, 0) is 0 Å². The molecule has 0 spiro atoms. The molecule has 0 aliphatic carbocycles. The molecule has 3 N–H and O–H groups in total. The van der Waals surface area contributed by atoms with Crippen molar-refractivity contribution in [3.63, 3.8) is 0 Å². The third kappa shape index (κ3) is 2.90. The molecule has 4 heterocycles. The van der Waals surface area contributed by atoms with Crippen molar-refractivity contribution in [1.82, 2.24) is 19.4 Å². The molecule has 4 aromatic heterocycles. The van der Waals surface area contributed by atoms with E-state index in [1.165, 1.54) is 6.33 Å². The molecule has 0 saturated carbocycles. The van der Waals surface area contributed by atoms with Gasteiger partial charge in [0, 0.05) is 23.5 Å². The third-order valence-electron chi connectivity index (χ3n) is 4.25. The fourth-order valence-electron chi connectivity index (χ4n) is 3.02. The van der Waals surface area contributed by atoms with Gasteiger partial charge in [0.2, 0.25) is 0 Å². The van der Waals surface area contributed by atoms with Gasteiger partial charge in [0.1, 0.15) is 22.4 Å². The molecule has 0 radical (unpaired) electrons. The normalized spacial score (nSPS) is 12.2. The van der Waals surface area contributed by atoms with E-state index in [1.807, 2.05) is 36.5 Å². The predicted molar refractivity (Wildman–Crippen MR) is 107 cm³/mol. The largest absolute Gasteiger partial charge is 0.383 e. The number of nitrogen functional groups attached to an aromatic ring is 1. The maximum atomic E-state index is 5.87. The summed E-state index contributed by atoms with van der Waals surface area (Å²) >= 11 is 3.45. The lowest BCUT2D eigenvalue weighted by Gasteiger charge is -2.17. The van der Waals surface area contributed by atoms with E-state index in [-0.39, 0.29) is 6.04 Å². The molecule has 7 heteroatoms. The number of rotatable bonds is 4. The first-order valence-corrected chi connectivity index (χ1v) is 8.98. The van der Waals surface area contributed by atoms with Crippen LogP contribution in [0.2, 0.25) is 0 Å². The van der Waals surface area contributed by atoms with E-state index in [1.54, 1.807) is 6.20 Å². The molecule has 6 nitrogen and oxygen atoms in total. The summed E-state index contributed by atoms with van der Waals surface area (Å²) in [4.78, 5) is 12.8. The average Bonchev–Trinajstić information content (AvgIpc) is 3.06. The fraction of sp³-hybridized carbons (Fsp3) is 0.105. The van der Waals surface area contributed by atoms with Crippen LogP contribution in [0, 0.1) is 0 Å². The van der Waals surface area contributed by atoms with Gasteiger partial charge in [-0.2, -0.15) is 0 Å². The molecule has 0 saturated heterocycles. The lowest BCUT2D eigenvalue weighted by atomic mass is 10.1. The summed E-state index contributed by atoms with van der Waals surface area (Å²) < 4.78 is 2.81. The first-order valence-electron chi connectivity index (χ1n) is 8.19. The number of anilines is 2. The van der Waals surface area contributed by atoms with Gasteiger partial charge in [0.05, 0.1) is 17.4 Å². The highest BCUT2D eigenvalue weighted by atomic mass is 79.9. The standard InChI is InChI=1S/C19H17BrN6/c1-12(25-19-16(20)18(21)23-11-24-19)14-10-13-6-3-5-9-26(13)17(14)15-7-2-4-8-22-15/h2-12H,1H3,(H3,21,23,24,25). The Morgan fingerprint density at radius 3 is 2.77 bits per heavy atom. The zero-order valence-corrected chi connectivity index (χ0v) is 15.7. The first-order chi connectivity index (χ1) is 12.6. The van der Waals surface area contributed by atoms with E-state index < -0.39 is 0 Å². The molecule has 1 unspecified atom stereocenters. The van der Waals surface area contributed by atoms with Crippen molar-refractivity contribution in [2.75, 3.05) is 11.1 Å². The van der Waals surface area contributed by atoms with Crippen LogP contribution in [0.1, 0.15) is 18.5 Å². The summed E-state index contributed by atoms with van der Waals surface area (Å²) in [6.07, 6.45) is 5.31. The van der Waals surface area contributed by atoms with Gasteiger partial charge in [-0.15, -0.1) is 0 Å². The van der Waals surface area contributed by atoms with Crippen molar-refractivity contribution in [2.24, 2.45) is 0 Å². The van der Waals surface area contributed by atoms with Gasteiger partial charge in [0.25, 0.3) is 0 Å². The maximum Gasteiger partial charge on any atom is 0.146 e. The Labute approximate surface area is 159 Å². The molecule has 0 bridgehead atoms. The number of nitrogens with two attached hydrogens (primary N) is 1. The van der Waals surface area contributed by atoms with Gasteiger partial charge in [-0.1, -0.05) is 12.1 Å². The van der Waals surface area contributed by atoms with Crippen LogP contribution in [0.4, 0.5) is 11.6 Å². The predicted octanol–water partition coefficient (Wildman–Crippen LogP) is 4.31. The number of nitrogens with zero attached hydrogens (tertiary/aromatic N) is 4. The highest BCUT2D eigenvalue weighted by molar-refractivity contribution is 9.10. The number of hydrogen-bond acceptors (Lipinski definition) is 5. The first kappa shape index (κ1) is 16.5. The van der Waals surface area contributed by atoms with Crippen LogP contribution in [0.3, 0.4) is 0 Å². The van der Waals surface area contributed by atoms with Crippen molar-refractivity contribution < 1.29 is 0 Å². The molecule has 130 valence electrons. The van der Waals surface area contributed by atoms with Crippen LogP contribution >= 0.6 is 15.9 Å². The molecule has 0 aliphatic heterocycles. The van der Waals surface area contributed by atoms with Crippen LogP contribution < -0.4 is 11.1 Å². The molecule has 0 aromatic carbocycles. The molecule has 26 heavy (non-hydrogen) atoms. The Balaban J connectivity index is 1.82. The topological polar surface area (TPSA) is 81.1 Å². The molecular formula is C19H17BrN6. The molecule has 1 atom stereocenters. The summed E-state index contributed by atoms with van der Waals surface area (Å²) in [5, 5.41) is 3.42. The van der Waals surface area contributed by atoms with E-state index in [9.17, 15) is 0 Å². The number of halogens is 1. The second-order valence-corrected chi connectivity index (χ2v) is 6.74. The quantitative estimate of drug-likeness (QED) is 0.525. The Bertz CT molecular complexity index is 1060. The SMILES string of the molecule is CC(Nc1ncnc(N)c1Br)c1cc2ccccn2c1-c1ccccn1. The Morgan fingerprint density at radius 1 is 1.12 bits per heavy atom. The smallest absolute Gasteiger partial charge is 0.146 e. The molecule has 0 amide bonds. The summed E-state index contributed by atoms with van der Waals surface area (Å²) in [6.45, 7) is 2.09. The van der Waals surface area contributed by atoms with E-state index in [2.05, 4.69) is 59.7 Å². The third-order valence-corrected chi connectivity index (χ3v) is 5.03. The number of fused-ring (bicyclic) bond motifs is 1. The van der Waals surface area contributed by atoms with Gasteiger partial charge in [-0.3, -0.25) is 4.98 Å². The van der Waals surface area contributed by atoms with Crippen LogP contribution in [0.15, 0.2) is 65.7 Å². The lowest BCUT2D eigenvalue weighted by Crippen LogP contribution is -2.10. The Kier molecular flexibility index (Phi) is 4.30. The van der Waals surface area contributed by atoms with E-state index in [4.69, 9.17) is 5.73 Å². The van der Waals surface area contributed by atoms with Crippen LogP contribution in [0.5, 0.6) is 0 Å². The second kappa shape index (κ2) is 6.76. The van der Waals surface area contributed by atoms with Crippen molar-refractivity contribution in [3.8, 4) is 11.4 Å². The maximum absolute atomic E-state index is 5.87. The highest BCUT2D eigenvalue weighted by Gasteiger charge is 2.19. The number of nitrogens with one attached hydrogen (secondary N) is 1. The molecular weight excluding hydrogens is 392 g/mol. The molecule has 4 aromatic rings. The van der Waals surface area contributed by atoms with Crippen molar-refractivity contribution in [3.05, 3.63) is 71.2 Å². The van der Waals surface area contributed by atoms with Crippen molar-refractivity contribution in [2.45, 2.75) is 13.0 Å². The zero-order chi connectivity index (χ0) is 18.1. The second-order valence-electron chi connectivity index (χ2n) is 5.95.